The Hall–Kier alpha value is -2.70. The Balaban J connectivity index is 1.56. The highest BCUT2D eigenvalue weighted by molar-refractivity contribution is 6.03. The van der Waals surface area contributed by atoms with E-state index in [1.165, 1.54) is 18.2 Å². The Labute approximate surface area is 125 Å². The third kappa shape index (κ3) is 2.98. The molecule has 1 fully saturated rings. The molecule has 114 valence electrons. The largest absolute Gasteiger partial charge is 0.360 e. The van der Waals surface area contributed by atoms with Crippen LogP contribution < -0.4 is 10.6 Å². The summed E-state index contributed by atoms with van der Waals surface area (Å²) >= 11 is 0. The smallest absolute Gasteiger partial charge is 0.229 e. The summed E-state index contributed by atoms with van der Waals surface area (Å²) in [6.07, 6.45) is 0.433. The number of hydrogen-bond acceptors (Lipinski definition) is 4. The van der Waals surface area contributed by atoms with Crippen LogP contribution in [-0.4, -0.2) is 17.0 Å². The maximum Gasteiger partial charge on any atom is 0.229 e. The van der Waals surface area contributed by atoms with Crippen molar-refractivity contribution in [3.8, 4) is 0 Å². The van der Waals surface area contributed by atoms with E-state index in [1.807, 2.05) is 0 Å². The molecule has 0 spiro atoms. The van der Waals surface area contributed by atoms with Crippen molar-refractivity contribution in [2.75, 3.05) is 10.6 Å². The van der Waals surface area contributed by atoms with E-state index in [9.17, 15) is 14.0 Å². The Bertz CT molecular complexity index is 728. The zero-order chi connectivity index (χ0) is 15.7. The monoisotopic (exact) mass is 303 g/mol. The summed E-state index contributed by atoms with van der Waals surface area (Å²) in [5.74, 6) is -1.13. The Morgan fingerprint density at radius 2 is 1.91 bits per heavy atom. The number of carbonyl (C=O) groups excluding carboxylic acids is 2. The number of nitrogens with one attached hydrogen (secondary N) is 2. The number of aryl methyl sites for hydroxylation is 1. The predicted octanol–water partition coefficient (Wildman–Crippen LogP) is 2.34. The molecule has 7 heteroatoms. The molecule has 1 aliphatic carbocycles. The minimum atomic E-state index is -0.504. The molecule has 2 aromatic rings. The zero-order valence-corrected chi connectivity index (χ0v) is 11.8. The maximum atomic E-state index is 13.5. The molecule has 0 aliphatic heterocycles. The minimum Gasteiger partial charge on any atom is -0.360 e. The molecule has 1 saturated carbocycles. The number of para-hydroxylation sites is 1. The highest BCUT2D eigenvalue weighted by atomic mass is 19.1. The molecular weight excluding hydrogens is 289 g/mol. The summed E-state index contributed by atoms with van der Waals surface area (Å²) < 4.78 is 18.3. The summed E-state index contributed by atoms with van der Waals surface area (Å²) in [6.45, 7) is 1.71. The Morgan fingerprint density at radius 1 is 1.23 bits per heavy atom. The summed E-state index contributed by atoms with van der Waals surface area (Å²) in [7, 11) is 0. The number of benzene rings is 1. The molecule has 0 bridgehead atoms. The second-order valence-corrected chi connectivity index (χ2v) is 5.23. The van der Waals surface area contributed by atoms with Gasteiger partial charge in [-0.25, -0.2) is 4.39 Å². The van der Waals surface area contributed by atoms with E-state index in [4.69, 9.17) is 4.52 Å². The lowest BCUT2D eigenvalue weighted by Crippen LogP contribution is -2.21. The first kappa shape index (κ1) is 14.2. The van der Waals surface area contributed by atoms with Crippen LogP contribution in [0.2, 0.25) is 0 Å². The average molecular weight is 303 g/mol. The van der Waals surface area contributed by atoms with E-state index in [0.717, 1.165) is 0 Å². The molecule has 2 unspecified atom stereocenters. The molecule has 2 amide bonds. The SMILES string of the molecule is Cc1cc(NC(=O)C2CC2C(=O)Nc2ccccc2F)no1. The Kier molecular flexibility index (Phi) is 3.62. The molecule has 6 nitrogen and oxygen atoms in total. The van der Waals surface area contributed by atoms with Crippen LogP contribution in [0.15, 0.2) is 34.9 Å². The van der Waals surface area contributed by atoms with Crippen LogP contribution in [0.5, 0.6) is 0 Å². The van der Waals surface area contributed by atoms with E-state index >= 15 is 0 Å². The van der Waals surface area contributed by atoms with Crippen molar-refractivity contribution in [3.63, 3.8) is 0 Å². The number of hydrogen-bond donors (Lipinski definition) is 2. The van der Waals surface area contributed by atoms with Gasteiger partial charge in [-0.2, -0.15) is 0 Å². The minimum absolute atomic E-state index is 0.116. The number of nitrogens with zero attached hydrogens (tertiary/aromatic N) is 1. The third-order valence-electron chi connectivity index (χ3n) is 3.47. The van der Waals surface area contributed by atoms with E-state index in [-0.39, 0.29) is 17.5 Å². The predicted molar refractivity (Wildman–Crippen MR) is 76.5 cm³/mol. The molecule has 1 aromatic carbocycles. The highest BCUT2D eigenvalue weighted by Crippen LogP contribution is 2.40. The second kappa shape index (κ2) is 5.59. The van der Waals surface area contributed by atoms with Crippen LogP contribution in [0.1, 0.15) is 12.2 Å². The second-order valence-electron chi connectivity index (χ2n) is 5.23. The van der Waals surface area contributed by atoms with Gasteiger partial charge in [-0.15, -0.1) is 0 Å². The Morgan fingerprint density at radius 3 is 2.55 bits per heavy atom. The molecule has 1 heterocycles. The molecule has 0 radical (unpaired) electrons. The van der Waals surface area contributed by atoms with Crippen molar-refractivity contribution in [3.05, 3.63) is 41.9 Å². The van der Waals surface area contributed by atoms with Gasteiger partial charge in [0.05, 0.1) is 17.5 Å². The number of anilines is 2. The van der Waals surface area contributed by atoms with Crippen LogP contribution in [0, 0.1) is 24.6 Å². The summed E-state index contributed by atoms with van der Waals surface area (Å²) in [5.41, 5.74) is 0.116. The molecule has 2 N–H and O–H groups in total. The fourth-order valence-electron chi connectivity index (χ4n) is 2.21. The first-order chi connectivity index (χ1) is 10.5. The van der Waals surface area contributed by atoms with Crippen molar-refractivity contribution in [1.82, 2.24) is 5.16 Å². The number of halogens is 1. The standard InChI is InChI=1S/C15H14FN3O3/c1-8-6-13(19-22-8)18-15(21)10-7-9(10)14(20)17-12-5-3-2-4-11(12)16/h2-6,9-10H,7H2,1H3,(H,17,20)(H,18,19,21). The van der Waals surface area contributed by atoms with Crippen LogP contribution in [-0.2, 0) is 9.59 Å². The van der Waals surface area contributed by atoms with Gasteiger partial charge in [0.15, 0.2) is 5.82 Å². The first-order valence-electron chi connectivity index (χ1n) is 6.84. The first-order valence-corrected chi connectivity index (χ1v) is 6.84. The van der Waals surface area contributed by atoms with Crippen LogP contribution in [0.4, 0.5) is 15.9 Å². The lowest BCUT2D eigenvalue weighted by Gasteiger charge is -2.05. The number of aromatic nitrogens is 1. The summed E-state index contributed by atoms with van der Waals surface area (Å²) in [4.78, 5) is 24.0. The van der Waals surface area contributed by atoms with Gasteiger partial charge in [0, 0.05) is 6.07 Å². The number of rotatable bonds is 4. The maximum absolute atomic E-state index is 13.5. The highest BCUT2D eigenvalue weighted by Gasteiger charge is 2.48. The van der Waals surface area contributed by atoms with Gasteiger partial charge in [-0.05, 0) is 25.5 Å². The van der Waals surface area contributed by atoms with E-state index in [2.05, 4.69) is 15.8 Å². The number of carbonyl (C=O) groups is 2. The van der Waals surface area contributed by atoms with E-state index in [0.29, 0.717) is 18.0 Å². The van der Waals surface area contributed by atoms with Gasteiger partial charge in [0.1, 0.15) is 11.6 Å². The van der Waals surface area contributed by atoms with E-state index in [1.54, 1.807) is 19.1 Å². The van der Waals surface area contributed by atoms with Gasteiger partial charge in [0.2, 0.25) is 11.8 Å². The third-order valence-corrected chi connectivity index (χ3v) is 3.47. The van der Waals surface area contributed by atoms with Gasteiger partial charge in [-0.1, -0.05) is 17.3 Å². The summed E-state index contributed by atoms with van der Waals surface area (Å²) in [5, 5.41) is 8.74. The van der Waals surface area contributed by atoms with Crippen molar-refractivity contribution < 1.29 is 18.5 Å². The normalized spacial score (nSPS) is 19.5. The van der Waals surface area contributed by atoms with Crippen LogP contribution in [0.3, 0.4) is 0 Å². The van der Waals surface area contributed by atoms with Crippen LogP contribution in [0.25, 0.3) is 0 Å². The number of amides is 2. The molecule has 22 heavy (non-hydrogen) atoms. The van der Waals surface area contributed by atoms with Crippen LogP contribution >= 0.6 is 0 Å². The summed E-state index contributed by atoms with van der Waals surface area (Å²) in [6, 6.07) is 7.50. The quantitative estimate of drug-likeness (QED) is 0.908. The molecule has 1 aromatic heterocycles. The lowest BCUT2D eigenvalue weighted by atomic mass is 10.2. The molecule has 2 atom stereocenters. The van der Waals surface area contributed by atoms with Crippen molar-refractivity contribution in [2.24, 2.45) is 11.8 Å². The molecular formula is C15H14FN3O3. The fraction of sp³-hybridized carbons (Fsp3) is 0.267. The lowest BCUT2D eigenvalue weighted by molar-refractivity contribution is -0.122. The van der Waals surface area contributed by atoms with Gasteiger partial charge >= 0.3 is 0 Å². The molecule has 0 saturated heterocycles. The topological polar surface area (TPSA) is 84.2 Å². The van der Waals surface area contributed by atoms with Gasteiger partial charge in [-0.3, -0.25) is 9.59 Å². The fourth-order valence-corrected chi connectivity index (χ4v) is 2.21. The zero-order valence-electron chi connectivity index (χ0n) is 11.8. The van der Waals surface area contributed by atoms with Gasteiger partial charge < -0.3 is 15.2 Å². The van der Waals surface area contributed by atoms with E-state index < -0.39 is 17.7 Å². The molecule has 3 rings (SSSR count). The van der Waals surface area contributed by atoms with Gasteiger partial charge in [0.25, 0.3) is 0 Å². The van der Waals surface area contributed by atoms with Crippen molar-refractivity contribution >= 4 is 23.3 Å². The average Bonchev–Trinajstić information content (AvgIpc) is 3.19. The molecule has 1 aliphatic rings. The van der Waals surface area contributed by atoms with Crippen molar-refractivity contribution in [2.45, 2.75) is 13.3 Å². The van der Waals surface area contributed by atoms with Crippen molar-refractivity contribution in [1.29, 1.82) is 0 Å².